The Morgan fingerprint density at radius 1 is 1.00 bits per heavy atom. The molecule has 0 atom stereocenters. The summed E-state index contributed by atoms with van der Waals surface area (Å²) >= 11 is -0.826. The fourth-order valence-electron chi connectivity index (χ4n) is 1.56. The van der Waals surface area contributed by atoms with Gasteiger partial charge in [-0.05, 0) is 0 Å². The number of halogens is 2. The van der Waals surface area contributed by atoms with Crippen molar-refractivity contribution in [2.45, 2.75) is 12.8 Å². The molecule has 0 amide bonds. The Balaban J connectivity index is 0.000000188. The van der Waals surface area contributed by atoms with Crippen LogP contribution < -0.4 is 0 Å². The summed E-state index contributed by atoms with van der Waals surface area (Å²) in [4.78, 5) is 0. The molecule has 0 aliphatic heterocycles. The summed E-state index contributed by atoms with van der Waals surface area (Å²) in [5.41, 5.74) is 2.49. The van der Waals surface area contributed by atoms with E-state index in [0.717, 1.165) is 12.8 Å². The van der Waals surface area contributed by atoms with Crippen LogP contribution in [0, 0.1) is 12.2 Å². The molecule has 0 N–H and O–H groups in total. The van der Waals surface area contributed by atoms with Gasteiger partial charge in [0.15, 0.2) is 0 Å². The molecule has 0 saturated carbocycles. The van der Waals surface area contributed by atoms with E-state index in [4.69, 9.17) is 17.0 Å². The Hall–Kier alpha value is -0.357. The summed E-state index contributed by atoms with van der Waals surface area (Å²) in [6, 6.07) is 10.4. The molecule has 0 nitrogen and oxygen atoms in total. The third kappa shape index (κ3) is 7.72. The third-order valence-corrected chi connectivity index (χ3v) is 2.37. The van der Waals surface area contributed by atoms with Crippen molar-refractivity contribution in [1.29, 1.82) is 0 Å². The van der Waals surface area contributed by atoms with Crippen molar-refractivity contribution in [3.8, 4) is 0 Å². The van der Waals surface area contributed by atoms with E-state index in [1.807, 2.05) is 18.2 Å². The van der Waals surface area contributed by atoms with Crippen molar-refractivity contribution in [2.75, 3.05) is 0 Å². The van der Waals surface area contributed by atoms with Crippen LogP contribution in [0.3, 0.4) is 0 Å². The van der Waals surface area contributed by atoms with Gasteiger partial charge in [-0.25, -0.2) is 12.2 Å². The van der Waals surface area contributed by atoms with Gasteiger partial charge in [0.1, 0.15) is 0 Å². The molecule has 1 aromatic rings. The van der Waals surface area contributed by atoms with Crippen LogP contribution >= 0.6 is 17.0 Å². The predicted molar refractivity (Wildman–Crippen MR) is 80.1 cm³/mol. The summed E-state index contributed by atoms with van der Waals surface area (Å²) in [5, 5.41) is 0. The average molecular weight is 368 g/mol. The van der Waals surface area contributed by atoms with E-state index in [2.05, 4.69) is 54.6 Å². The Morgan fingerprint density at radius 3 is 2.16 bits per heavy atom. The van der Waals surface area contributed by atoms with E-state index in [0.29, 0.717) is 0 Å². The summed E-state index contributed by atoms with van der Waals surface area (Å²) in [5.74, 6) is 0. The minimum atomic E-state index is -0.826. The van der Waals surface area contributed by atoms with Crippen molar-refractivity contribution in [3.05, 3.63) is 78.4 Å². The SMILES string of the molecule is [C-]1=C(c2ccccc2)C=CC1.[C-]1=CC=CC1.[Cl][Zr+2][Cl]. The monoisotopic (exact) mass is 366 g/mol. The average Bonchev–Trinajstić information content (AvgIpc) is 3.17. The summed E-state index contributed by atoms with van der Waals surface area (Å²) in [7, 11) is 9.87. The number of hydrogen-bond donors (Lipinski definition) is 0. The van der Waals surface area contributed by atoms with Crippen LogP contribution in [0.15, 0.2) is 60.7 Å². The zero-order valence-corrected chi connectivity index (χ0v) is 14.4. The molecule has 2 aliphatic carbocycles. The van der Waals surface area contributed by atoms with Crippen molar-refractivity contribution < 1.29 is 20.8 Å². The maximum absolute atomic E-state index is 4.93. The van der Waals surface area contributed by atoms with Gasteiger partial charge < -0.3 is 0 Å². The molecular weight excluding hydrogens is 354 g/mol. The quantitative estimate of drug-likeness (QED) is 0.573. The van der Waals surface area contributed by atoms with Crippen molar-refractivity contribution >= 4 is 22.6 Å². The van der Waals surface area contributed by atoms with Gasteiger partial charge in [-0.15, -0.1) is 30.2 Å². The molecule has 96 valence electrons. The van der Waals surface area contributed by atoms with Gasteiger partial charge in [0.25, 0.3) is 0 Å². The van der Waals surface area contributed by atoms with Crippen LogP contribution in [0.1, 0.15) is 18.4 Å². The first-order valence-corrected chi connectivity index (χ1v) is 12.2. The molecule has 0 aromatic heterocycles. The van der Waals surface area contributed by atoms with Gasteiger partial charge in [-0.2, -0.15) is 23.8 Å². The maximum atomic E-state index is 4.93. The molecule has 0 bridgehead atoms. The number of hydrogen-bond acceptors (Lipinski definition) is 0. The first-order valence-electron chi connectivity index (χ1n) is 5.89. The minimum absolute atomic E-state index is 0.826. The normalized spacial score (nSPS) is 13.9. The Kier molecular flexibility index (Phi) is 10.1. The van der Waals surface area contributed by atoms with E-state index < -0.39 is 20.8 Å². The third-order valence-electron chi connectivity index (χ3n) is 2.37. The van der Waals surface area contributed by atoms with E-state index in [9.17, 15) is 0 Å². The molecule has 3 heteroatoms. The topological polar surface area (TPSA) is 0 Å². The summed E-state index contributed by atoms with van der Waals surface area (Å²) in [6.45, 7) is 0. The Bertz CT molecular complexity index is 449. The van der Waals surface area contributed by atoms with Gasteiger partial charge in [-0.1, -0.05) is 24.6 Å². The molecular formula is C16H14Cl2Zr. The van der Waals surface area contributed by atoms with Crippen molar-refractivity contribution in [2.24, 2.45) is 0 Å². The zero-order valence-electron chi connectivity index (χ0n) is 10.4. The Morgan fingerprint density at radius 2 is 1.74 bits per heavy atom. The fourth-order valence-corrected chi connectivity index (χ4v) is 1.56. The zero-order chi connectivity index (χ0) is 13.8. The van der Waals surface area contributed by atoms with Gasteiger partial charge in [-0.3, -0.25) is 6.08 Å². The summed E-state index contributed by atoms with van der Waals surface area (Å²) < 4.78 is 0. The first kappa shape index (κ1) is 16.7. The fraction of sp³-hybridized carbons (Fsp3) is 0.125. The van der Waals surface area contributed by atoms with Crippen LogP contribution in [0.5, 0.6) is 0 Å². The van der Waals surface area contributed by atoms with Gasteiger partial charge in [0, 0.05) is 0 Å². The van der Waals surface area contributed by atoms with Crippen LogP contribution in [0.25, 0.3) is 5.57 Å². The standard InChI is InChI=1S/C11H9.C5H5.2ClH.Zr/c1-2-6-10(7-3-1)11-8-4-5-9-11;1-2-4-5-3-1;;;/h1-4,6-8H,5H2;1-3H,4H2;2*1H;/q2*-1;;;+4/p-2. The molecule has 1 aromatic carbocycles. The van der Waals surface area contributed by atoms with E-state index in [1.165, 1.54) is 11.1 Å². The van der Waals surface area contributed by atoms with Crippen molar-refractivity contribution in [3.63, 3.8) is 0 Å². The van der Waals surface area contributed by atoms with E-state index >= 15 is 0 Å². The predicted octanol–water partition coefficient (Wildman–Crippen LogP) is 5.52. The number of rotatable bonds is 1. The molecule has 0 fully saturated rings. The molecule has 0 radical (unpaired) electrons. The van der Waals surface area contributed by atoms with Crippen LogP contribution in [0.2, 0.25) is 0 Å². The van der Waals surface area contributed by atoms with Crippen LogP contribution in [-0.2, 0) is 20.8 Å². The molecule has 19 heavy (non-hydrogen) atoms. The molecule has 0 heterocycles. The first-order chi connectivity index (χ1) is 9.38. The second-order valence-corrected chi connectivity index (χ2v) is 7.37. The van der Waals surface area contributed by atoms with E-state index in [1.54, 1.807) is 0 Å². The van der Waals surface area contributed by atoms with Crippen LogP contribution in [0.4, 0.5) is 0 Å². The summed E-state index contributed by atoms with van der Waals surface area (Å²) in [6.07, 6.45) is 18.5. The molecule has 0 saturated heterocycles. The second-order valence-electron chi connectivity index (χ2n) is 3.64. The van der Waals surface area contributed by atoms with E-state index in [-0.39, 0.29) is 0 Å². The van der Waals surface area contributed by atoms with Crippen molar-refractivity contribution in [1.82, 2.24) is 0 Å². The van der Waals surface area contributed by atoms with Gasteiger partial charge >= 0.3 is 37.9 Å². The van der Waals surface area contributed by atoms with Crippen LogP contribution in [-0.4, -0.2) is 0 Å². The molecule has 0 spiro atoms. The number of benzene rings is 1. The Labute approximate surface area is 134 Å². The van der Waals surface area contributed by atoms with Gasteiger partial charge in [0.05, 0.1) is 0 Å². The van der Waals surface area contributed by atoms with Gasteiger partial charge in [0.2, 0.25) is 0 Å². The number of allylic oxidation sites excluding steroid dienone is 8. The molecule has 3 rings (SSSR count). The molecule has 2 aliphatic rings. The molecule has 0 unspecified atom stereocenters. The second kappa shape index (κ2) is 11.5.